The molecule has 1 unspecified atom stereocenters. The zero-order chi connectivity index (χ0) is 14.0. The van der Waals surface area contributed by atoms with E-state index in [1.54, 1.807) is 29.6 Å². The second kappa shape index (κ2) is 4.91. The van der Waals surface area contributed by atoms with Crippen LogP contribution in [0.15, 0.2) is 24.3 Å². The number of para-hydroxylation sites is 1. The summed E-state index contributed by atoms with van der Waals surface area (Å²) in [7, 11) is 0. The van der Waals surface area contributed by atoms with Crippen molar-refractivity contribution in [3.63, 3.8) is 0 Å². The molecule has 0 radical (unpaired) electrons. The van der Waals surface area contributed by atoms with Crippen LogP contribution in [0.25, 0.3) is 0 Å². The standard InChI is InChI=1S/C12H11F3N2O2/c13-12(14,15)11(19)16-6-5-8-7-3-1-2-4-9(7)17-10(8)18/h1-4,8H,5-6H2,(H,16,19)(H,17,18). The van der Waals surface area contributed by atoms with Crippen molar-refractivity contribution in [2.75, 3.05) is 11.9 Å². The summed E-state index contributed by atoms with van der Waals surface area (Å²) in [6.45, 7) is -0.204. The molecule has 2 amide bonds. The van der Waals surface area contributed by atoms with Crippen LogP contribution in [0.4, 0.5) is 18.9 Å². The predicted molar refractivity (Wildman–Crippen MR) is 61.5 cm³/mol. The smallest absolute Gasteiger partial charge is 0.348 e. The molecule has 102 valence electrons. The number of fused-ring (bicyclic) bond motifs is 1. The van der Waals surface area contributed by atoms with Crippen LogP contribution in [0.2, 0.25) is 0 Å². The lowest BCUT2D eigenvalue weighted by molar-refractivity contribution is -0.173. The number of halogens is 3. The molecular weight excluding hydrogens is 261 g/mol. The van der Waals surface area contributed by atoms with E-state index in [0.29, 0.717) is 5.69 Å². The van der Waals surface area contributed by atoms with Gasteiger partial charge < -0.3 is 10.6 Å². The van der Waals surface area contributed by atoms with Gasteiger partial charge in [0.2, 0.25) is 5.91 Å². The average molecular weight is 272 g/mol. The molecule has 2 rings (SSSR count). The molecule has 0 aliphatic carbocycles. The number of anilines is 1. The maximum atomic E-state index is 12.0. The molecule has 1 aromatic rings. The van der Waals surface area contributed by atoms with Crippen molar-refractivity contribution in [2.24, 2.45) is 0 Å². The minimum Gasteiger partial charge on any atom is -0.348 e. The highest BCUT2D eigenvalue weighted by Gasteiger charge is 2.38. The van der Waals surface area contributed by atoms with Gasteiger partial charge in [-0.05, 0) is 18.1 Å². The molecule has 7 heteroatoms. The Morgan fingerprint density at radius 1 is 1.32 bits per heavy atom. The van der Waals surface area contributed by atoms with Crippen molar-refractivity contribution in [1.29, 1.82) is 0 Å². The second-order valence-corrected chi connectivity index (χ2v) is 4.17. The lowest BCUT2D eigenvalue weighted by Crippen LogP contribution is -2.37. The Labute approximate surface area is 107 Å². The number of hydrogen-bond donors (Lipinski definition) is 2. The molecule has 4 nitrogen and oxygen atoms in total. The van der Waals surface area contributed by atoms with Crippen molar-refractivity contribution in [3.8, 4) is 0 Å². The van der Waals surface area contributed by atoms with Crippen LogP contribution < -0.4 is 10.6 Å². The fraction of sp³-hybridized carbons (Fsp3) is 0.333. The number of alkyl halides is 3. The SMILES string of the molecule is O=C1Nc2ccccc2C1CCNC(=O)C(F)(F)F. The van der Waals surface area contributed by atoms with Crippen LogP contribution in [-0.4, -0.2) is 24.5 Å². The van der Waals surface area contributed by atoms with Crippen molar-refractivity contribution >= 4 is 17.5 Å². The summed E-state index contributed by atoms with van der Waals surface area (Å²) >= 11 is 0. The molecule has 0 spiro atoms. The molecule has 1 atom stereocenters. The van der Waals surface area contributed by atoms with Gasteiger partial charge in [0.1, 0.15) is 0 Å². The van der Waals surface area contributed by atoms with Crippen LogP contribution >= 0.6 is 0 Å². The molecule has 2 N–H and O–H groups in total. The van der Waals surface area contributed by atoms with E-state index in [2.05, 4.69) is 5.32 Å². The Morgan fingerprint density at radius 2 is 2.00 bits per heavy atom. The van der Waals surface area contributed by atoms with E-state index in [9.17, 15) is 22.8 Å². The van der Waals surface area contributed by atoms with E-state index >= 15 is 0 Å². The third-order valence-electron chi connectivity index (χ3n) is 2.89. The second-order valence-electron chi connectivity index (χ2n) is 4.17. The lowest BCUT2D eigenvalue weighted by atomic mass is 9.97. The fourth-order valence-corrected chi connectivity index (χ4v) is 1.99. The van der Waals surface area contributed by atoms with E-state index < -0.39 is 18.0 Å². The molecule has 0 saturated heterocycles. The molecule has 0 saturated carbocycles. The molecule has 0 fully saturated rings. The summed E-state index contributed by atoms with van der Waals surface area (Å²) in [6, 6.07) is 6.97. The van der Waals surface area contributed by atoms with Crippen molar-refractivity contribution in [3.05, 3.63) is 29.8 Å². The zero-order valence-corrected chi connectivity index (χ0v) is 9.75. The number of carbonyl (C=O) groups is 2. The molecular formula is C12H11F3N2O2. The monoisotopic (exact) mass is 272 g/mol. The van der Waals surface area contributed by atoms with E-state index in [4.69, 9.17) is 0 Å². The Morgan fingerprint density at radius 3 is 2.68 bits per heavy atom. The first-order valence-electron chi connectivity index (χ1n) is 5.64. The van der Waals surface area contributed by atoms with Crippen LogP contribution in [0.5, 0.6) is 0 Å². The summed E-state index contributed by atoms with van der Waals surface area (Å²) in [6.07, 6.45) is -4.76. The lowest BCUT2D eigenvalue weighted by Gasteiger charge is -2.11. The molecule has 0 bridgehead atoms. The van der Waals surface area contributed by atoms with E-state index in [1.165, 1.54) is 0 Å². The first-order valence-corrected chi connectivity index (χ1v) is 5.64. The Bertz CT molecular complexity index is 514. The highest BCUT2D eigenvalue weighted by atomic mass is 19.4. The highest BCUT2D eigenvalue weighted by Crippen LogP contribution is 2.33. The Kier molecular flexibility index (Phi) is 3.46. The van der Waals surface area contributed by atoms with Crippen molar-refractivity contribution in [2.45, 2.75) is 18.5 Å². The third kappa shape index (κ3) is 2.86. The number of nitrogens with one attached hydrogen (secondary N) is 2. The van der Waals surface area contributed by atoms with E-state index in [1.807, 2.05) is 0 Å². The summed E-state index contributed by atoms with van der Waals surface area (Å²) in [5.74, 6) is -2.77. The molecule has 1 aromatic carbocycles. The maximum absolute atomic E-state index is 12.0. The Balaban J connectivity index is 1.94. The van der Waals surface area contributed by atoms with Gasteiger partial charge in [-0.2, -0.15) is 13.2 Å². The molecule has 1 aliphatic rings. The zero-order valence-electron chi connectivity index (χ0n) is 9.75. The summed E-state index contributed by atoms with van der Waals surface area (Å²) in [5.41, 5.74) is 1.41. The minimum atomic E-state index is -4.89. The van der Waals surface area contributed by atoms with Gasteiger partial charge >= 0.3 is 12.1 Å². The first-order chi connectivity index (χ1) is 8.89. The van der Waals surface area contributed by atoms with Crippen LogP contribution in [-0.2, 0) is 9.59 Å². The molecule has 19 heavy (non-hydrogen) atoms. The fourth-order valence-electron chi connectivity index (χ4n) is 1.99. The van der Waals surface area contributed by atoms with Crippen molar-refractivity contribution < 1.29 is 22.8 Å². The molecule has 1 aliphatic heterocycles. The summed E-state index contributed by atoms with van der Waals surface area (Å²) < 4.78 is 35.9. The van der Waals surface area contributed by atoms with Crippen LogP contribution in [0, 0.1) is 0 Å². The van der Waals surface area contributed by atoms with Gasteiger partial charge in [0.05, 0.1) is 5.92 Å². The van der Waals surface area contributed by atoms with E-state index in [-0.39, 0.29) is 18.9 Å². The molecule has 1 heterocycles. The quantitative estimate of drug-likeness (QED) is 0.881. The third-order valence-corrected chi connectivity index (χ3v) is 2.89. The predicted octanol–water partition coefficient (Wildman–Crippen LogP) is 1.79. The summed E-state index contributed by atoms with van der Waals surface area (Å²) in [4.78, 5) is 22.3. The normalized spacial score (nSPS) is 17.8. The van der Waals surface area contributed by atoms with Gasteiger partial charge in [-0.25, -0.2) is 0 Å². The Hall–Kier alpha value is -2.05. The largest absolute Gasteiger partial charge is 0.471 e. The van der Waals surface area contributed by atoms with Gasteiger partial charge in [-0.1, -0.05) is 18.2 Å². The van der Waals surface area contributed by atoms with Gasteiger partial charge in [0.15, 0.2) is 0 Å². The number of amides is 2. The first kappa shape index (κ1) is 13.4. The number of hydrogen-bond acceptors (Lipinski definition) is 2. The number of benzene rings is 1. The van der Waals surface area contributed by atoms with Gasteiger partial charge in [-0.15, -0.1) is 0 Å². The van der Waals surface area contributed by atoms with Gasteiger partial charge in [0.25, 0.3) is 0 Å². The molecule has 0 aromatic heterocycles. The topological polar surface area (TPSA) is 58.2 Å². The summed E-state index contributed by atoms with van der Waals surface area (Å²) in [5, 5.41) is 4.40. The van der Waals surface area contributed by atoms with Crippen LogP contribution in [0.3, 0.4) is 0 Å². The maximum Gasteiger partial charge on any atom is 0.471 e. The van der Waals surface area contributed by atoms with Gasteiger partial charge in [-0.3, -0.25) is 9.59 Å². The minimum absolute atomic E-state index is 0.130. The highest BCUT2D eigenvalue weighted by molar-refractivity contribution is 6.02. The number of carbonyl (C=O) groups excluding carboxylic acids is 2. The van der Waals surface area contributed by atoms with Crippen molar-refractivity contribution in [1.82, 2.24) is 5.32 Å². The van der Waals surface area contributed by atoms with Gasteiger partial charge in [0, 0.05) is 12.2 Å². The average Bonchev–Trinajstić information content (AvgIpc) is 2.64. The number of rotatable bonds is 3. The van der Waals surface area contributed by atoms with E-state index in [0.717, 1.165) is 5.56 Å². The van der Waals surface area contributed by atoms with Crippen LogP contribution in [0.1, 0.15) is 17.9 Å².